The van der Waals surface area contributed by atoms with Gasteiger partial charge in [-0.15, -0.1) is 0 Å². The lowest BCUT2D eigenvalue weighted by Gasteiger charge is -2.29. The van der Waals surface area contributed by atoms with E-state index in [9.17, 15) is 4.79 Å². The van der Waals surface area contributed by atoms with Gasteiger partial charge in [0.05, 0.1) is 24.3 Å². The molecule has 1 unspecified atom stereocenters. The van der Waals surface area contributed by atoms with Gasteiger partial charge in [-0.25, -0.2) is 9.78 Å². The van der Waals surface area contributed by atoms with Gasteiger partial charge in [-0.05, 0) is 47.0 Å². The molecule has 1 aromatic rings. The van der Waals surface area contributed by atoms with Crippen molar-refractivity contribution in [1.29, 1.82) is 0 Å². The molecule has 0 bridgehead atoms. The molecule has 5 heteroatoms. The molecule has 1 fully saturated rings. The number of carbonyl (C=O) groups is 1. The maximum atomic E-state index is 12.4. The zero-order chi connectivity index (χ0) is 15.6. The van der Waals surface area contributed by atoms with Crippen LogP contribution in [0.2, 0.25) is 0 Å². The van der Waals surface area contributed by atoms with Gasteiger partial charge in [-0.3, -0.25) is 4.90 Å². The van der Waals surface area contributed by atoms with Crippen molar-refractivity contribution in [3.63, 3.8) is 0 Å². The van der Waals surface area contributed by atoms with Gasteiger partial charge in [0.25, 0.3) is 0 Å². The normalized spacial score (nSPS) is 20.6. The Balaban J connectivity index is 2.19. The Hall–Kier alpha value is -1.52. The minimum Gasteiger partial charge on any atom is -0.444 e. The molecule has 0 aromatic carbocycles. The van der Waals surface area contributed by atoms with Crippen molar-refractivity contribution < 1.29 is 9.53 Å². The second kappa shape index (κ2) is 6.08. The largest absolute Gasteiger partial charge is 0.444 e. The summed E-state index contributed by atoms with van der Waals surface area (Å²) >= 11 is 0. The van der Waals surface area contributed by atoms with Gasteiger partial charge in [0.15, 0.2) is 0 Å². The molecule has 0 radical (unpaired) electrons. The standard InChI is InChI=1S/C16H27N3O2/c1-6-12(2)19-11-17-10-14(19)13-8-7-9-18(13)15(20)21-16(3,4)5/h10-13H,6-9H2,1-5H3/t12?,13-/m0/s1. The van der Waals surface area contributed by atoms with Crippen LogP contribution < -0.4 is 0 Å². The number of hydrogen-bond acceptors (Lipinski definition) is 3. The molecule has 21 heavy (non-hydrogen) atoms. The summed E-state index contributed by atoms with van der Waals surface area (Å²) in [5, 5.41) is 0. The topological polar surface area (TPSA) is 47.4 Å². The summed E-state index contributed by atoms with van der Waals surface area (Å²) in [6.07, 6.45) is 6.57. The molecule has 1 amide bonds. The zero-order valence-corrected chi connectivity index (χ0v) is 13.8. The van der Waals surface area contributed by atoms with Crippen LogP contribution in [-0.2, 0) is 4.74 Å². The number of likely N-dealkylation sites (tertiary alicyclic amines) is 1. The number of amides is 1. The lowest BCUT2D eigenvalue weighted by Crippen LogP contribution is -2.37. The molecule has 0 N–H and O–H groups in total. The molecule has 0 spiro atoms. The smallest absolute Gasteiger partial charge is 0.410 e. The van der Waals surface area contributed by atoms with Gasteiger partial charge < -0.3 is 9.30 Å². The number of hydrogen-bond donors (Lipinski definition) is 0. The Bertz CT molecular complexity index is 490. The quantitative estimate of drug-likeness (QED) is 0.848. The number of nitrogens with zero attached hydrogens (tertiary/aromatic N) is 3. The SMILES string of the molecule is CCC(C)n1cncc1[C@@H]1CCCN1C(=O)OC(C)(C)C. The van der Waals surface area contributed by atoms with Gasteiger partial charge in [-0.1, -0.05) is 6.92 Å². The lowest BCUT2D eigenvalue weighted by atomic mass is 10.1. The first kappa shape index (κ1) is 15.9. The number of aromatic nitrogens is 2. The van der Waals surface area contributed by atoms with Crippen LogP contribution in [0.5, 0.6) is 0 Å². The van der Waals surface area contributed by atoms with E-state index in [1.54, 1.807) is 0 Å². The van der Waals surface area contributed by atoms with Crippen molar-refractivity contribution in [3.8, 4) is 0 Å². The number of ether oxygens (including phenoxy) is 1. The Labute approximate surface area is 127 Å². The predicted octanol–water partition coefficient (Wildman–Crippen LogP) is 3.93. The van der Waals surface area contributed by atoms with E-state index >= 15 is 0 Å². The fraction of sp³-hybridized carbons (Fsp3) is 0.750. The molecule has 2 rings (SSSR count). The van der Waals surface area contributed by atoms with Crippen LogP contribution in [-0.4, -0.2) is 32.7 Å². The summed E-state index contributed by atoms with van der Waals surface area (Å²) < 4.78 is 7.72. The van der Waals surface area contributed by atoms with Crippen LogP contribution in [0.25, 0.3) is 0 Å². The van der Waals surface area contributed by atoms with Gasteiger partial charge in [0.1, 0.15) is 5.60 Å². The average molecular weight is 293 g/mol. The molecule has 5 nitrogen and oxygen atoms in total. The van der Waals surface area contributed by atoms with E-state index in [1.807, 2.05) is 38.2 Å². The number of carbonyl (C=O) groups excluding carboxylic acids is 1. The van der Waals surface area contributed by atoms with Crippen LogP contribution in [0.15, 0.2) is 12.5 Å². The minimum absolute atomic E-state index is 0.0800. The van der Waals surface area contributed by atoms with E-state index in [0.717, 1.165) is 31.5 Å². The van der Waals surface area contributed by atoms with E-state index < -0.39 is 5.60 Å². The van der Waals surface area contributed by atoms with Crippen LogP contribution in [0.3, 0.4) is 0 Å². The molecule has 2 atom stereocenters. The average Bonchev–Trinajstić information content (AvgIpc) is 3.03. The predicted molar refractivity (Wildman–Crippen MR) is 82.1 cm³/mol. The highest BCUT2D eigenvalue weighted by atomic mass is 16.6. The third-order valence-electron chi connectivity index (χ3n) is 3.98. The third kappa shape index (κ3) is 3.57. The summed E-state index contributed by atoms with van der Waals surface area (Å²) in [5.41, 5.74) is 0.661. The van der Waals surface area contributed by atoms with E-state index in [4.69, 9.17) is 4.74 Å². The van der Waals surface area contributed by atoms with Crippen LogP contribution in [0, 0.1) is 0 Å². The third-order valence-corrected chi connectivity index (χ3v) is 3.98. The summed E-state index contributed by atoms with van der Waals surface area (Å²) in [7, 11) is 0. The fourth-order valence-corrected chi connectivity index (χ4v) is 2.75. The molecule has 0 saturated carbocycles. The molecule has 1 aromatic heterocycles. The van der Waals surface area contributed by atoms with Crippen LogP contribution in [0.4, 0.5) is 4.79 Å². The molecule has 1 aliphatic heterocycles. The highest BCUT2D eigenvalue weighted by Gasteiger charge is 2.35. The zero-order valence-electron chi connectivity index (χ0n) is 13.8. The van der Waals surface area contributed by atoms with Gasteiger partial charge in [-0.2, -0.15) is 0 Å². The molecule has 1 aliphatic rings. The van der Waals surface area contributed by atoms with Gasteiger partial charge in [0, 0.05) is 12.6 Å². The summed E-state index contributed by atoms with van der Waals surface area (Å²) in [4.78, 5) is 18.5. The Morgan fingerprint density at radius 2 is 2.24 bits per heavy atom. The maximum absolute atomic E-state index is 12.4. The highest BCUT2D eigenvalue weighted by Crippen LogP contribution is 2.34. The van der Waals surface area contributed by atoms with E-state index in [0.29, 0.717) is 6.04 Å². The van der Waals surface area contributed by atoms with Crippen molar-refractivity contribution in [1.82, 2.24) is 14.5 Å². The second-order valence-electron chi connectivity index (χ2n) is 6.81. The Morgan fingerprint density at radius 3 is 2.86 bits per heavy atom. The Kier molecular flexibility index (Phi) is 4.59. The molecule has 0 aliphatic carbocycles. The van der Waals surface area contributed by atoms with Crippen LogP contribution >= 0.6 is 0 Å². The minimum atomic E-state index is -0.457. The molecule has 2 heterocycles. The van der Waals surface area contributed by atoms with E-state index in [-0.39, 0.29) is 12.1 Å². The number of imidazole rings is 1. The molecular formula is C16H27N3O2. The van der Waals surface area contributed by atoms with Crippen molar-refractivity contribution in [2.24, 2.45) is 0 Å². The Morgan fingerprint density at radius 1 is 1.52 bits per heavy atom. The first-order chi connectivity index (χ1) is 9.83. The van der Waals surface area contributed by atoms with Gasteiger partial charge in [0.2, 0.25) is 0 Å². The lowest BCUT2D eigenvalue weighted by molar-refractivity contribution is 0.0218. The fourth-order valence-electron chi connectivity index (χ4n) is 2.75. The first-order valence-corrected chi connectivity index (χ1v) is 7.85. The maximum Gasteiger partial charge on any atom is 0.410 e. The molecule has 118 valence electrons. The summed E-state index contributed by atoms with van der Waals surface area (Å²) in [6.45, 7) is 10.8. The second-order valence-corrected chi connectivity index (χ2v) is 6.81. The van der Waals surface area contributed by atoms with E-state index in [2.05, 4.69) is 23.4 Å². The van der Waals surface area contributed by atoms with Crippen molar-refractivity contribution in [3.05, 3.63) is 18.2 Å². The highest BCUT2D eigenvalue weighted by molar-refractivity contribution is 5.69. The van der Waals surface area contributed by atoms with Crippen molar-refractivity contribution in [2.75, 3.05) is 6.54 Å². The van der Waals surface area contributed by atoms with Crippen molar-refractivity contribution in [2.45, 2.75) is 71.6 Å². The monoisotopic (exact) mass is 293 g/mol. The van der Waals surface area contributed by atoms with E-state index in [1.165, 1.54) is 0 Å². The number of rotatable bonds is 3. The van der Waals surface area contributed by atoms with Crippen LogP contribution in [0.1, 0.15) is 71.7 Å². The molecular weight excluding hydrogens is 266 g/mol. The van der Waals surface area contributed by atoms with Gasteiger partial charge >= 0.3 is 6.09 Å². The summed E-state index contributed by atoms with van der Waals surface area (Å²) in [6, 6.07) is 0.472. The molecule has 1 saturated heterocycles. The van der Waals surface area contributed by atoms with Crippen molar-refractivity contribution >= 4 is 6.09 Å². The summed E-state index contributed by atoms with van der Waals surface area (Å²) in [5.74, 6) is 0. The first-order valence-electron chi connectivity index (χ1n) is 7.85.